The predicted molar refractivity (Wildman–Crippen MR) is 113 cm³/mol. The van der Waals surface area contributed by atoms with Crippen LogP contribution in [0.15, 0.2) is 71.9 Å². The molecule has 0 atom stereocenters. The zero-order valence-electron chi connectivity index (χ0n) is 16.4. The second-order valence-corrected chi connectivity index (χ2v) is 8.40. The molecule has 1 aromatic heterocycles. The zero-order chi connectivity index (χ0) is 20.9. The summed E-state index contributed by atoms with van der Waals surface area (Å²) in [6.45, 7) is 4.39. The van der Waals surface area contributed by atoms with Gasteiger partial charge in [0.05, 0.1) is 11.1 Å². The number of benzene rings is 2. The van der Waals surface area contributed by atoms with Crippen LogP contribution in [0.25, 0.3) is 11.1 Å². The molecule has 3 rings (SSSR count). The third-order valence-corrected chi connectivity index (χ3v) is 6.55. The Morgan fingerprint density at radius 1 is 1.03 bits per heavy atom. The number of sulfonamides is 1. The van der Waals surface area contributed by atoms with E-state index in [9.17, 15) is 13.2 Å². The van der Waals surface area contributed by atoms with Crippen LogP contribution in [0.1, 0.15) is 13.8 Å². The normalized spacial score (nSPS) is 11.6. The topological polar surface area (TPSA) is 84.3 Å². The van der Waals surface area contributed by atoms with Crippen molar-refractivity contribution in [2.45, 2.75) is 25.3 Å². The second-order valence-electron chi connectivity index (χ2n) is 6.46. The second kappa shape index (κ2) is 9.02. The lowest BCUT2D eigenvalue weighted by molar-refractivity contribution is -0.116. The molecule has 7 nitrogen and oxygen atoms in total. The summed E-state index contributed by atoms with van der Waals surface area (Å²) in [5.41, 5.74) is 2.37. The van der Waals surface area contributed by atoms with Gasteiger partial charge in [0.2, 0.25) is 15.9 Å². The minimum Gasteiger partial charge on any atom is -0.324 e. The Bertz CT molecular complexity index is 1070. The third kappa shape index (κ3) is 4.90. The van der Waals surface area contributed by atoms with Crippen LogP contribution in [0.5, 0.6) is 0 Å². The van der Waals surface area contributed by atoms with Crippen LogP contribution < -0.4 is 5.32 Å². The Kier molecular flexibility index (Phi) is 6.46. The molecule has 2 aromatic carbocycles. The lowest BCUT2D eigenvalue weighted by atomic mass is 10.1. The summed E-state index contributed by atoms with van der Waals surface area (Å²) in [4.78, 5) is 12.6. The van der Waals surface area contributed by atoms with E-state index in [2.05, 4.69) is 10.4 Å². The maximum Gasteiger partial charge on any atom is 0.246 e. The minimum absolute atomic E-state index is 0.0276. The number of rotatable bonds is 8. The van der Waals surface area contributed by atoms with Crippen molar-refractivity contribution in [3.05, 3.63) is 67.0 Å². The first-order valence-corrected chi connectivity index (χ1v) is 10.9. The van der Waals surface area contributed by atoms with Crippen LogP contribution in [0.4, 0.5) is 5.69 Å². The number of hydrogen-bond acceptors (Lipinski definition) is 4. The fourth-order valence-corrected chi connectivity index (χ4v) is 4.53. The summed E-state index contributed by atoms with van der Waals surface area (Å²) in [7, 11) is -3.58. The maximum absolute atomic E-state index is 12.7. The first-order chi connectivity index (χ1) is 13.9. The number of carbonyl (C=O) groups is 1. The van der Waals surface area contributed by atoms with Gasteiger partial charge in [0, 0.05) is 30.5 Å². The van der Waals surface area contributed by atoms with E-state index in [1.807, 2.05) is 30.3 Å². The average Bonchev–Trinajstić information content (AvgIpc) is 3.18. The van der Waals surface area contributed by atoms with Crippen molar-refractivity contribution in [2.75, 3.05) is 18.4 Å². The van der Waals surface area contributed by atoms with E-state index < -0.39 is 10.0 Å². The number of aromatic nitrogens is 2. The molecular weight excluding hydrogens is 388 g/mol. The molecule has 3 aromatic rings. The van der Waals surface area contributed by atoms with Crippen molar-refractivity contribution in [3.63, 3.8) is 0 Å². The van der Waals surface area contributed by atoms with Crippen molar-refractivity contribution in [2.24, 2.45) is 0 Å². The van der Waals surface area contributed by atoms with Gasteiger partial charge in [0.25, 0.3) is 0 Å². The van der Waals surface area contributed by atoms with E-state index in [0.717, 1.165) is 11.1 Å². The van der Waals surface area contributed by atoms with E-state index in [1.165, 1.54) is 16.4 Å². The Hall–Kier alpha value is -2.97. The van der Waals surface area contributed by atoms with Crippen molar-refractivity contribution in [1.82, 2.24) is 14.1 Å². The highest BCUT2D eigenvalue weighted by Crippen LogP contribution is 2.20. The van der Waals surface area contributed by atoms with Crippen LogP contribution in [-0.2, 0) is 21.4 Å². The Balaban J connectivity index is 1.70. The predicted octanol–water partition coefficient (Wildman–Crippen LogP) is 3.22. The average molecular weight is 413 g/mol. The van der Waals surface area contributed by atoms with Gasteiger partial charge in [0.1, 0.15) is 6.54 Å². The van der Waals surface area contributed by atoms with Gasteiger partial charge in [-0.3, -0.25) is 9.48 Å². The number of carbonyl (C=O) groups excluding carboxylic acids is 1. The van der Waals surface area contributed by atoms with Crippen molar-refractivity contribution in [3.8, 4) is 11.1 Å². The van der Waals surface area contributed by atoms with Gasteiger partial charge in [-0.15, -0.1) is 0 Å². The SMILES string of the molecule is CCN(CC)S(=O)(=O)c1cccc(NC(=O)Cn2cc(-c3ccccc3)cn2)c1. The highest BCUT2D eigenvalue weighted by atomic mass is 32.2. The van der Waals surface area contributed by atoms with E-state index >= 15 is 0 Å². The quantitative estimate of drug-likeness (QED) is 0.616. The number of amides is 1. The molecule has 0 bridgehead atoms. The molecule has 0 spiro atoms. The molecule has 0 saturated heterocycles. The molecule has 29 heavy (non-hydrogen) atoms. The van der Waals surface area contributed by atoms with E-state index in [4.69, 9.17) is 0 Å². The highest BCUT2D eigenvalue weighted by molar-refractivity contribution is 7.89. The molecular formula is C21H24N4O3S. The lowest BCUT2D eigenvalue weighted by Gasteiger charge is -2.18. The summed E-state index contributed by atoms with van der Waals surface area (Å²) >= 11 is 0. The van der Waals surface area contributed by atoms with Gasteiger partial charge in [-0.2, -0.15) is 9.40 Å². The Morgan fingerprint density at radius 2 is 1.76 bits per heavy atom. The van der Waals surface area contributed by atoms with Crippen molar-refractivity contribution < 1.29 is 13.2 Å². The van der Waals surface area contributed by atoms with Gasteiger partial charge >= 0.3 is 0 Å². The maximum atomic E-state index is 12.7. The molecule has 0 unspecified atom stereocenters. The molecule has 1 amide bonds. The van der Waals surface area contributed by atoms with Crippen LogP contribution in [-0.4, -0.2) is 41.5 Å². The summed E-state index contributed by atoms with van der Waals surface area (Å²) in [5.74, 6) is -0.287. The monoisotopic (exact) mass is 412 g/mol. The van der Waals surface area contributed by atoms with E-state index in [1.54, 1.807) is 43.1 Å². The van der Waals surface area contributed by atoms with Crippen LogP contribution >= 0.6 is 0 Å². The summed E-state index contributed by atoms with van der Waals surface area (Å²) in [6, 6.07) is 16.1. The fraction of sp³-hybridized carbons (Fsp3) is 0.238. The summed E-state index contributed by atoms with van der Waals surface area (Å²) < 4.78 is 28.2. The molecule has 0 aliphatic carbocycles. The van der Waals surface area contributed by atoms with Gasteiger partial charge in [0.15, 0.2) is 0 Å². The molecule has 0 fully saturated rings. The van der Waals surface area contributed by atoms with Gasteiger partial charge < -0.3 is 5.32 Å². The minimum atomic E-state index is -3.58. The number of anilines is 1. The van der Waals surface area contributed by atoms with Crippen molar-refractivity contribution >= 4 is 21.6 Å². The highest BCUT2D eigenvalue weighted by Gasteiger charge is 2.21. The number of nitrogens with zero attached hydrogens (tertiary/aromatic N) is 3. The van der Waals surface area contributed by atoms with E-state index in [-0.39, 0.29) is 17.3 Å². The van der Waals surface area contributed by atoms with Crippen LogP contribution in [0.2, 0.25) is 0 Å². The van der Waals surface area contributed by atoms with Gasteiger partial charge in [-0.25, -0.2) is 8.42 Å². The van der Waals surface area contributed by atoms with Crippen molar-refractivity contribution in [1.29, 1.82) is 0 Å². The number of nitrogens with one attached hydrogen (secondary N) is 1. The van der Waals surface area contributed by atoms with Crippen LogP contribution in [0.3, 0.4) is 0 Å². The molecule has 1 N–H and O–H groups in total. The molecule has 8 heteroatoms. The lowest BCUT2D eigenvalue weighted by Crippen LogP contribution is -2.30. The Morgan fingerprint density at radius 3 is 2.45 bits per heavy atom. The zero-order valence-corrected chi connectivity index (χ0v) is 17.3. The first kappa shape index (κ1) is 20.8. The molecule has 0 aliphatic heterocycles. The van der Waals surface area contributed by atoms with Gasteiger partial charge in [-0.1, -0.05) is 50.2 Å². The Labute approximate surface area is 171 Å². The summed E-state index contributed by atoms with van der Waals surface area (Å²) in [5, 5.41) is 6.97. The molecule has 0 aliphatic rings. The molecule has 152 valence electrons. The van der Waals surface area contributed by atoms with E-state index in [0.29, 0.717) is 18.8 Å². The number of hydrogen-bond donors (Lipinski definition) is 1. The third-order valence-electron chi connectivity index (χ3n) is 4.51. The standard InChI is InChI=1S/C21H24N4O3S/c1-3-25(4-2)29(27,28)20-12-8-11-19(13-20)23-21(26)16-24-15-18(14-22-24)17-9-6-5-7-10-17/h5-15H,3-4,16H2,1-2H3,(H,23,26). The summed E-state index contributed by atoms with van der Waals surface area (Å²) in [6.07, 6.45) is 3.51. The smallest absolute Gasteiger partial charge is 0.246 e. The molecule has 1 heterocycles. The van der Waals surface area contributed by atoms with Crippen LogP contribution in [0, 0.1) is 0 Å². The largest absolute Gasteiger partial charge is 0.324 e. The molecule has 0 radical (unpaired) electrons. The first-order valence-electron chi connectivity index (χ1n) is 9.42. The molecule has 0 saturated carbocycles. The fourth-order valence-electron chi connectivity index (χ4n) is 3.02. The van der Waals surface area contributed by atoms with Gasteiger partial charge in [-0.05, 0) is 23.8 Å².